The van der Waals surface area contributed by atoms with Crippen molar-refractivity contribution in [1.29, 1.82) is 0 Å². The van der Waals surface area contributed by atoms with Crippen LogP contribution in [0.5, 0.6) is 0 Å². The summed E-state index contributed by atoms with van der Waals surface area (Å²) in [7, 11) is 0. The summed E-state index contributed by atoms with van der Waals surface area (Å²) in [5.74, 6) is -4.27. The largest absolute Gasteiger partial charge is 0.349 e. The Balaban J connectivity index is 0.00000133. The molecule has 1 saturated heterocycles. The molecule has 0 bridgehead atoms. The zero-order chi connectivity index (χ0) is 12.9. The van der Waals surface area contributed by atoms with Gasteiger partial charge in [0.15, 0.2) is 17.5 Å². The van der Waals surface area contributed by atoms with Gasteiger partial charge in [-0.05, 0) is 24.0 Å². The Morgan fingerprint density at radius 3 is 2.42 bits per heavy atom. The van der Waals surface area contributed by atoms with E-state index in [9.17, 15) is 18.0 Å². The lowest BCUT2D eigenvalue weighted by molar-refractivity contribution is 0.0941. The number of fused-ring (bicyclic) bond motifs is 1. The summed E-state index contributed by atoms with van der Waals surface area (Å²) in [5.41, 5.74) is -0.452. The van der Waals surface area contributed by atoms with E-state index in [1.54, 1.807) is 0 Å². The predicted octanol–water partition coefficient (Wildman–Crippen LogP) is 1.47. The zero-order valence-corrected chi connectivity index (χ0v) is 10.6. The summed E-state index contributed by atoms with van der Waals surface area (Å²) in [5, 5.41) is 5.81. The van der Waals surface area contributed by atoms with Crippen molar-refractivity contribution in [2.24, 2.45) is 11.8 Å². The number of rotatable bonds is 2. The first kappa shape index (κ1) is 14.1. The third-order valence-corrected chi connectivity index (χ3v) is 3.67. The molecule has 0 aromatic heterocycles. The van der Waals surface area contributed by atoms with Crippen molar-refractivity contribution < 1.29 is 18.0 Å². The van der Waals surface area contributed by atoms with Crippen molar-refractivity contribution in [2.75, 3.05) is 13.1 Å². The molecule has 0 spiro atoms. The van der Waals surface area contributed by atoms with Gasteiger partial charge in [0.05, 0.1) is 5.56 Å². The van der Waals surface area contributed by atoms with E-state index in [1.165, 1.54) is 0 Å². The second kappa shape index (κ2) is 5.02. The van der Waals surface area contributed by atoms with Gasteiger partial charge in [0.25, 0.3) is 5.91 Å². The third kappa shape index (κ3) is 2.30. The highest BCUT2D eigenvalue weighted by atomic mass is 35.5. The lowest BCUT2D eigenvalue weighted by Gasteiger charge is -2.08. The number of piperidine rings is 1. The van der Waals surface area contributed by atoms with Crippen LogP contribution in [0, 0.1) is 29.3 Å². The number of hydrogen-bond donors (Lipinski definition) is 2. The average molecular weight is 293 g/mol. The normalized spacial score (nSPS) is 27.4. The molecule has 3 rings (SSSR count). The van der Waals surface area contributed by atoms with Crippen molar-refractivity contribution in [3.63, 3.8) is 0 Å². The molecular formula is C12H12ClF3N2O. The van der Waals surface area contributed by atoms with Crippen LogP contribution in [0.4, 0.5) is 13.2 Å². The lowest BCUT2D eigenvalue weighted by atomic mass is 10.2. The standard InChI is InChI=1S/C12H11F3N2O.ClH/c13-8-2-1-5(9(14)10(8)15)12(18)17-11-6-3-16-4-7(6)11;/h1-2,6-7,11,16H,3-4H2,(H,17,18);1H. The van der Waals surface area contributed by atoms with Crippen LogP contribution in [-0.4, -0.2) is 25.0 Å². The monoisotopic (exact) mass is 292 g/mol. The van der Waals surface area contributed by atoms with Crippen molar-refractivity contribution in [1.82, 2.24) is 10.6 Å². The molecule has 0 radical (unpaired) electrons. The van der Waals surface area contributed by atoms with Crippen LogP contribution in [0.25, 0.3) is 0 Å². The molecule has 2 unspecified atom stereocenters. The topological polar surface area (TPSA) is 41.1 Å². The SMILES string of the molecule is Cl.O=C(NC1C2CNCC21)c1ccc(F)c(F)c1F. The number of amides is 1. The minimum Gasteiger partial charge on any atom is -0.349 e. The second-order valence-corrected chi connectivity index (χ2v) is 4.71. The Hall–Kier alpha value is -1.27. The average Bonchev–Trinajstić information content (AvgIpc) is 2.78. The van der Waals surface area contributed by atoms with Gasteiger partial charge in [0.2, 0.25) is 0 Å². The van der Waals surface area contributed by atoms with E-state index < -0.39 is 28.9 Å². The highest BCUT2D eigenvalue weighted by Gasteiger charge is 2.53. The summed E-state index contributed by atoms with van der Waals surface area (Å²) >= 11 is 0. The van der Waals surface area contributed by atoms with E-state index in [0.717, 1.165) is 25.2 Å². The first-order chi connectivity index (χ1) is 8.59. The number of nitrogens with one attached hydrogen (secondary N) is 2. The highest BCUT2D eigenvalue weighted by Crippen LogP contribution is 2.41. The molecule has 1 aromatic rings. The third-order valence-electron chi connectivity index (χ3n) is 3.67. The molecule has 2 atom stereocenters. The minimum atomic E-state index is -1.61. The number of hydrogen-bond acceptors (Lipinski definition) is 2. The molecule has 1 aliphatic carbocycles. The fourth-order valence-corrected chi connectivity index (χ4v) is 2.56. The van der Waals surface area contributed by atoms with Crippen molar-refractivity contribution in [3.8, 4) is 0 Å². The minimum absolute atomic E-state index is 0. The van der Waals surface area contributed by atoms with E-state index >= 15 is 0 Å². The van der Waals surface area contributed by atoms with Gasteiger partial charge in [0, 0.05) is 19.1 Å². The second-order valence-electron chi connectivity index (χ2n) is 4.71. The van der Waals surface area contributed by atoms with Crippen LogP contribution in [0.15, 0.2) is 12.1 Å². The molecule has 104 valence electrons. The Kier molecular flexibility index (Phi) is 3.73. The molecule has 2 fully saturated rings. The van der Waals surface area contributed by atoms with Gasteiger partial charge >= 0.3 is 0 Å². The van der Waals surface area contributed by atoms with Crippen molar-refractivity contribution in [3.05, 3.63) is 35.1 Å². The fraction of sp³-hybridized carbons (Fsp3) is 0.417. The van der Waals surface area contributed by atoms with E-state index in [2.05, 4.69) is 10.6 Å². The molecule has 2 N–H and O–H groups in total. The molecule has 1 amide bonds. The Labute approximate surface area is 114 Å². The molecule has 7 heteroatoms. The maximum absolute atomic E-state index is 13.4. The quantitative estimate of drug-likeness (QED) is 0.811. The van der Waals surface area contributed by atoms with Crippen molar-refractivity contribution >= 4 is 18.3 Å². The molecule has 2 aliphatic rings. The van der Waals surface area contributed by atoms with Gasteiger partial charge in [-0.25, -0.2) is 13.2 Å². The predicted molar refractivity (Wildman–Crippen MR) is 64.7 cm³/mol. The number of carbonyl (C=O) groups excluding carboxylic acids is 1. The zero-order valence-electron chi connectivity index (χ0n) is 9.75. The molecule has 1 aromatic carbocycles. The number of halogens is 4. The number of benzene rings is 1. The Morgan fingerprint density at radius 2 is 1.79 bits per heavy atom. The van der Waals surface area contributed by atoms with Crippen LogP contribution in [-0.2, 0) is 0 Å². The Bertz CT molecular complexity index is 516. The Morgan fingerprint density at radius 1 is 1.16 bits per heavy atom. The maximum Gasteiger partial charge on any atom is 0.254 e. The van der Waals surface area contributed by atoms with Gasteiger partial charge in [-0.15, -0.1) is 12.4 Å². The summed E-state index contributed by atoms with van der Waals surface area (Å²) in [6.45, 7) is 1.66. The van der Waals surface area contributed by atoms with Crippen molar-refractivity contribution in [2.45, 2.75) is 6.04 Å². The van der Waals surface area contributed by atoms with Crippen LogP contribution in [0.1, 0.15) is 10.4 Å². The van der Waals surface area contributed by atoms with Gasteiger partial charge in [-0.2, -0.15) is 0 Å². The van der Waals surface area contributed by atoms with Gasteiger partial charge < -0.3 is 10.6 Å². The molecule has 19 heavy (non-hydrogen) atoms. The van der Waals surface area contributed by atoms with Gasteiger partial charge in [0.1, 0.15) is 0 Å². The highest BCUT2D eigenvalue weighted by molar-refractivity contribution is 5.95. The van der Waals surface area contributed by atoms with Crippen LogP contribution >= 0.6 is 12.4 Å². The van der Waals surface area contributed by atoms with Crippen LogP contribution in [0.3, 0.4) is 0 Å². The van der Waals surface area contributed by atoms with Gasteiger partial charge in [-0.3, -0.25) is 4.79 Å². The summed E-state index contributed by atoms with van der Waals surface area (Å²) < 4.78 is 39.1. The molecule has 1 heterocycles. The molecule has 1 saturated carbocycles. The van der Waals surface area contributed by atoms with Crippen LogP contribution < -0.4 is 10.6 Å². The first-order valence-electron chi connectivity index (χ1n) is 5.74. The maximum atomic E-state index is 13.4. The van der Waals surface area contributed by atoms with E-state index in [-0.39, 0.29) is 18.4 Å². The first-order valence-corrected chi connectivity index (χ1v) is 5.74. The smallest absolute Gasteiger partial charge is 0.254 e. The van der Waals surface area contributed by atoms with Crippen LogP contribution in [0.2, 0.25) is 0 Å². The fourth-order valence-electron chi connectivity index (χ4n) is 2.56. The molecular weight excluding hydrogens is 281 g/mol. The summed E-state index contributed by atoms with van der Waals surface area (Å²) in [4.78, 5) is 11.7. The van der Waals surface area contributed by atoms with Gasteiger partial charge in [-0.1, -0.05) is 0 Å². The van der Waals surface area contributed by atoms with E-state index in [4.69, 9.17) is 0 Å². The molecule has 3 nitrogen and oxygen atoms in total. The van der Waals surface area contributed by atoms with E-state index in [0.29, 0.717) is 11.8 Å². The van der Waals surface area contributed by atoms with E-state index in [1.807, 2.05) is 0 Å². The lowest BCUT2D eigenvalue weighted by Crippen LogP contribution is -2.33. The summed E-state index contributed by atoms with van der Waals surface area (Å²) in [6.07, 6.45) is 0. The summed E-state index contributed by atoms with van der Waals surface area (Å²) in [6, 6.07) is 1.73. The molecule has 1 aliphatic heterocycles. The number of carbonyl (C=O) groups is 1.